The number of hydrogen-bond acceptors (Lipinski definition) is 4. The molecule has 0 bridgehead atoms. The first-order valence-corrected chi connectivity index (χ1v) is 10.0. The van der Waals surface area contributed by atoms with Crippen molar-refractivity contribution in [1.82, 2.24) is 10.2 Å². The van der Waals surface area contributed by atoms with Crippen LogP contribution in [0, 0.1) is 6.92 Å². The zero-order valence-electron chi connectivity index (χ0n) is 17.3. The minimum Gasteiger partial charge on any atom is -0.454 e. The maximum absolute atomic E-state index is 12.4. The van der Waals surface area contributed by atoms with Gasteiger partial charge in [-0.2, -0.15) is 0 Å². The molecule has 2 amide bonds. The maximum atomic E-state index is 12.4. The number of nitrogens with zero attached hydrogens (tertiary/aromatic N) is 1. The van der Waals surface area contributed by atoms with Crippen LogP contribution in [0.1, 0.15) is 34.8 Å². The fourth-order valence-electron chi connectivity index (χ4n) is 3.28. The predicted molar refractivity (Wildman–Crippen MR) is 115 cm³/mol. The van der Waals surface area contributed by atoms with Gasteiger partial charge in [-0.05, 0) is 43.5 Å². The zero-order chi connectivity index (χ0) is 21.5. The first-order valence-electron chi connectivity index (χ1n) is 10.0. The molecule has 0 aliphatic carbocycles. The van der Waals surface area contributed by atoms with E-state index in [2.05, 4.69) is 17.4 Å². The van der Waals surface area contributed by atoms with Crippen LogP contribution in [0.4, 0.5) is 0 Å². The van der Waals surface area contributed by atoms with Crippen LogP contribution in [0.3, 0.4) is 0 Å². The Morgan fingerprint density at radius 3 is 2.53 bits per heavy atom. The van der Waals surface area contributed by atoms with Crippen molar-refractivity contribution in [3.63, 3.8) is 0 Å². The molecule has 3 rings (SSSR count). The first kappa shape index (κ1) is 21.3. The van der Waals surface area contributed by atoms with Gasteiger partial charge in [0.25, 0.3) is 11.8 Å². The summed E-state index contributed by atoms with van der Waals surface area (Å²) in [6, 6.07) is 16.3. The highest BCUT2D eigenvalue weighted by atomic mass is 16.5. The third-order valence-electron chi connectivity index (χ3n) is 5.03. The summed E-state index contributed by atoms with van der Waals surface area (Å²) in [5.41, 5.74) is 3.80. The number of nitrogens with one attached hydrogen (secondary N) is 1. The number of benzene rings is 2. The Hall–Kier alpha value is -3.41. The van der Waals surface area contributed by atoms with Gasteiger partial charge in [0.1, 0.15) is 6.04 Å². The summed E-state index contributed by atoms with van der Waals surface area (Å²) in [6.45, 7) is 4.16. The van der Waals surface area contributed by atoms with Crippen molar-refractivity contribution in [2.24, 2.45) is 0 Å². The molecule has 2 aromatic carbocycles. The zero-order valence-corrected chi connectivity index (χ0v) is 17.3. The highest BCUT2D eigenvalue weighted by Gasteiger charge is 2.22. The van der Waals surface area contributed by atoms with E-state index >= 15 is 0 Å². The highest BCUT2D eigenvalue weighted by molar-refractivity contribution is 5.97. The average Bonchev–Trinajstić information content (AvgIpc) is 2.77. The number of aryl methyl sites for hydroxylation is 1. The Morgan fingerprint density at radius 1 is 1.10 bits per heavy atom. The Kier molecular flexibility index (Phi) is 7.01. The van der Waals surface area contributed by atoms with Crippen molar-refractivity contribution in [3.05, 3.63) is 77.4 Å². The number of hydrogen-bond donors (Lipinski definition) is 1. The second-order valence-electron chi connectivity index (χ2n) is 7.36. The van der Waals surface area contributed by atoms with Gasteiger partial charge in [0, 0.05) is 18.7 Å². The standard InChI is InChI=1S/C24H26N2O4/c1-17-7-6-10-21(15-17)23(28)25-18(2)24(29)30-16-22(27)26-13-11-20(12-14-26)19-8-4-3-5-9-19/h3-11,15,18H,12-14,16H2,1-2H3,(H,25,28)/t18-/m0/s1. The van der Waals surface area contributed by atoms with Crippen LogP contribution >= 0.6 is 0 Å². The summed E-state index contributed by atoms with van der Waals surface area (Å²) in [7, 11) is 0. The second kappa shape index (κ2) is 9.87. The molecule has 2 aromatic rings. The van der Waals surface area contributed by atoms with Crippen LogP contribution < -0.4 is 5.32 Å². The summed E-state index contributed by atoms with van der Waals surface area (Å²) in [6.07, 6.45) is 2.79. The lowest BCUT2D eigenvalue weighted by atomic mass is 10.00. The summed E-state index contributed by atoms with van der Waals surface area (Å²) in [5, 5.41) is 2.60. The topological polar surface area (TPSA) is 75.7 Å². The largest absolute Gasteiger partial charge is 0.454 e. The molecule has 6 nitrogen and oxygen atoms in total. The molecule has 156 valence electrons. The van der Waals surface area contributed by atoms with Gasteiger partial charge in [-0.15, -0.1) is 0 Å². The third-order valence-corrected chi connectivity index (χ3v) is 5.03. The number of esters is 1. The van der Waals surface area contributed by atoms with Crippen molar-refractivity contribution < 1.29 is 19.1 Å². The average molecular weight is 406 g/mol. The number of rotatable bonds is 6. The van der Waals surface area contributed by atoms with Gasteiger partial charge >= 0.3 is 5.97 Å². The van der Waals surface area contributed by atoms with Crippen molar-refractivity contribution in [2.75, 3.05) is 19.7 Å². The molecule has 1 aliphatic rings. The molecule has 0 saturated carbocycles. The van der Waals surface area contributed by atoms with E-state index in [0.717, 1.165) is 17.5 Å². The third kappa shape index (κ3) is 5.56. The van der Waals surface area contributed by atoms with Crippen LogP contribution in [0.15, 0.2) is 60.7 Å². The van der Waals surface area contributed by atoms with E-state index in [1.807, 2.05) is 37.3 Å². The van der Waals surface area contributed by atoms with E-state index in [1.54, 1.807) is 23.1 Å². The lowest BCUT2D eigenvalue weighted by molar-refractivity contribution is -0.153. The fraction of sp³-hybridized carbons (Fsp3) is 0.292. The molecule has 1 heterocycles. The van der Waals surface area contributed by atoms with Gasteiger partial charge in [-0.3, -0.25) is 9.59 Å². The quantitative estimate of drug-likeness (QED) is 0.749. The van der Waals surface area contributed by atoms with Crippen molar-refractivity contribution in [1.29, 1.82) is 0 Å². The SMILES string of the molecule is Cc1cccc(C(=O)N[C@@H](C)C(=O)OCC(=O)N2CC=C(c3ccccc3)CC2)c1. The van der Waals surface area contributed by atoms with Gasteiger partial charge in [-0.25, -0.2) is 4.79 Å². The summed E-state index contributed by atoms with van der Waals surface area (Å²) in [5.74, 6) is -1.24. The molecule has 30 heavy (non-hydrogen) atoms. The summed E-state index contributed by atoms with van der Waals surface area (Å²) in [4.78, 5) is 38.5. The maximum Gasteiger partial charge on any atom is 0.328 e. The van der Waals surface area contributed by atoms with E-state index in [1.165, 1.54) is 12.5 Å². The van der Waals surface area contributed by atoms with Crippen LogP contribution in [0.25, 0.3) is 5.57 Å². The Morgan fingerprint density at radius 2 is 1.87 bits per heavy atom. The van der Waals surface area contributed by atoms with E-state index in [9.17, 15) is 14.4 Å². The molecule has 0 spiro atoms. The number of carbonyl (C=O) groups excluding carboxylic acids is 3. The van der Waals surface area contributed by atoms with Crippen molar-refractivity contribution in [2.45, 2.75) is 26.3 Å². The highest BCUT2D eigenvalue weighted by Crippen LogP contribution is 2.22. The minimum absolute atomic E-state index is 0.246. The first-order chi connectivity index (χ1) is 14.4. The predicted octanol–water partition coefficient (Wildman–Crippen LogP) is 2.97. The summed E-state index contributed by atoms with van der Waals surface area (Å²) >= 11 is 0. The monoisotopic (exact) mass is 406 g/mol. The van der Waals surface area contributed by atoms with E-state index in [0.29, 0.717) is 18.7 Å². The van der Waals surface area contributed by atoms with Crippen LogP contribution in [0.5, 0.6) is 0 Å². The van der Waals surface area contributed by atoms with Gasteiger partial charge < -0.3 is 15.0 Å². The normalized spacial score (nSPS) is 14.5. The Balaban J connectivity index is 1.46. The second-order valence-corrected chi connectivity index (χ2v) is 7.36. The number of carbonyl (C=O) groups is 3. The molecular formula is C24H26N2O4. The number of ether oxygens (including phenoxy) is 1. The smallest absolute Gasteiger partial charge is 0.328 e. The van der Waals surface area contributed by atoms with Gasteiger partial charge in [0.15, 0.2) is 6.61 Å². The Bertz CT molecular complexity index is 953. The molecule has 0 fully saturated rings. The van der Waals surface area contributed by atoms with E-state index in [-0.39, 0.29) is 18.4 Å². The van der Waals surface area contributed by atoms with E-state index in [4.69, 9.17) is 4.74 Å². The van der Waals surface area contributed by atoms with Crippen LogP contribution in [-0.4, -0.2) is 48.4 Å². The molecule has 6 heteroatoms. The molecule has 1 aliphatic heterocycles. The molecule has 0 unspecified atom stereocenters. The van der Waals surface area contributed by atoms with Crippen LogP contribution in [-0.2, 0) is 14.3 Å². The molecule has 0 saturated heterocycles. The molecule has 0 aromatic heterocycles. The van der Waals surface area contributed by atoms with Crippen molar-refractivity contribution >= 4 is 23.4 Å². The molecule has 1 atom stereocenters. The fourth-order valence-corrected chi connectivity index (χ4v) is 3.28. The number of amides is 2. The van der Waals surface area contributed by atoms with Gasteiger partial charge in [0.05, 0.1) is 0 Å². The van der Waals surface area contributed by atoms with E-state index < -0.39 is 12.0 Å². The van der Waals surface area contributed by atoms with Crippen LogP contribution in [0.2, 0.25) is 0 Å². The molecule has 0 radical (unpaired) electrons. The molecular weight excluding hydrogens is 380 g/mol. The summed E-state index contributed by atoms with van der Waals surface area (Å²) < 4.78 is 5.13. The van der Waals surface area contributed by atoms with Gasteiger partial charge in [-0.1, -0.05) is 54.1 Å². The van der Waals surface area contributed by atoms with Gasteiger partial charge in [0.2, 0.25) is 0 Å². The Labute approximate surface area is 176 Å². The minimum atomic E-state index is -0.850. The molecule has 1 N–H and O–H groups in total. The van der Waals surface area contributed by atoms with Crippen molar-refractivity contribution in [3.8, 4) is 0 Å². The lowest BCUT2D eigenvalue weighted by Crippen LogP contribution is -2.42. The lowest BCUT2D eigenvalue weighted by Gasteiger charge is -2.26.